The first kappa shape index (κ1) is 14.3. The van der Waals surface area contributed by atoms with E-state index in [9.17, 15) is 0 Å². The first-order valence-electron chi connectivity index (χ1n) is 6.24. The summed E-state index contributed by atoms with van der Waals surface area (Å²) >= 11 is 0. The minimum Gasteiger partial charge on any atom is -0.481 e. The van der Waals surface area contributed by atoms with Gasteiger partial charge in [0.15, 0.2) is 5.96 Å². The van der Waals surface area contributed by atoms with E-state index in [1.165, 1.54) is 6.42 Å². The Morgan fingerprint density at radius 1 is 1.39 bits per heavy atom. The summed E-state index contributed by atoms with van der Waals surface area (Å²) < 4.78 is 5.08. The van der Waals surface area contributed by atoms with Gasteiger partial charge in [0.1, 0.15) is 0 Å². The third kappa shape index (κ3) is 5.03. The van der Waals surface area contributed by atoms with Crippen molar-refractivity contribution in [2.24, 2.45) is 4.99 Å². The highest BCUT2D eigenvalue weighted by atomic mass is 16.5. The summed E-state index contributed by atoms with van der Waals surface area (Å²) in [7, 11) is 3.38. The molecule has 0 radical (unpaired) electrons. The molecule has 0 unspecified atom stereocenters. The van der Waals surface area contributed by atoms with Crippen LogP contribution in [0.1, 0.15) is 25.5 Å². The maximum atomic E-state index is 5.08. The molecule has 1 rings (SSSR count). The summed E-state index contributed by atoms with van der Waals surface area (Å²) in [5.74, 6) is 1.43. The first-order valence-corrected chi connectivity index (χ1v) is 6.24. The lowest BCUT2D eigenvalue weighted by Crippen LogP contribution is -2.37. The highest BCUT2D eigenvalue weighted by Gasteiger charge is 2.00. The van der Waals surface area contributed by atoms with Crippen LogP contribution in [0.15, 0.2) is 23.2 Å². The van der Waals surface area contributed by atoms with Gasteiger partial charge in [0, 0.05) is 19.7 Å². The van der Waals surface area contributed by atoms with E-state index in [0.29, 0.717) is 12.4 Å². The molecule has 0 aliphatic rings. The van der Waals surface area contributed by atoms with Gasteiger partial charge in [-0.05, 0) is 12.5 Å². The van der Waals surface area contributed by atoms with Gasteiger partial charge in [-0.15, -0.1) is 0 Å². The Bertz CT molecular complexity index is 379. The summed E-state index contributed by atoms with van der Waals surface area (Å²) in [4.78, 5) is 8.48. The summed E-state index contributed by atoms with van der Waals surface area (Å²) in [6.07, 6.45) is 2.31. The van der Waals surface area contributed by atoms with Gasteiger partial charge in [-0.2, -0.15) is 0 Å². The number of aromatic nitrogens is 1. The van der Waals surface area contributed by atoms with Crippen LogP contribution >= 0.6 is 0 Å². The van der Waals surface area contributed by atoms with Crippen LogP contribution in [0.3, 0.4) is 0 Å². The molecule has 0 fully saturated rings. The molecule has 0 saturated heterocycles. The number of guanidine groups is 1. The minimum absolute atomic E-state index is 0.628. The number of nitrogens with one attached hydrogen (secondary N) is 2. The Labute approximate surface area is 109 Å². The van der Waals surface area contributed by atoms with Crippen LogP contribution in [0, 0.1) is 0 Å². The van der Waals surface area contributed by atoms with Gasteiger partial charge in [0.05, 0.1) is 19.3 Å². The number of rotatable bonds is 6. The average molecular weight is 250 g/mol. The van der Waals surface area contributed by atoms with Crippen molar-refractivity contribution in [2.75, 3.05) is 20.7 Å². The molecule has 100 valence electrons. The van der Waals surface area contributed by atoms with Crippen LogP contribution in [0.25, 0.3) is 0 Å². The molecule has 0 aliphatic heterocycles. The number of nitrogens with zero attached hydrogens (tertiary/aromatic N) is 2. The molecular formula is C13H22N4O. The molecule has 0 atom stereocenters. The van der Waals surface area contributed by atoms with Crippen molar-refractivity contribution in [3.8, 4) is 5.88 Å². The maximum absolute atomic E-state index is 5.08. The molecule has 1 heterocycles. The van der Waals surface area contributed by atoms with E-state index >= 15 is 0 Å². The van der Waals surface area contributed by atoms with E-state index in [0.717, 1.165) is 24.6 Å². The molecule has 5 heteroatoms. The third-order valence-electron chi connectivity index (χ3n) is 2.47. The summed E-state index contributed by atoms with van der Waals surface area (Å²) in [6.45, 7) is 3.72. The van der Waals surface area contributed by atoms with Crippen molar-refractivity contribution >= 4 is 5.96 Å². The van der Waals surface area contributed by atoms with Crippen molar-refractivity contribution in [3.05, 3.63) is 23.9 Å². The van der Waals surface area contributed by atoms with Gasteiger partial charge in [-0.1, -0.05) is 19.4 Å². The van der Waals surface area contributed by atoms with E-state index in [2.05, 4.69) is 27.5 Å². The number of hydrogen-bond donors (Lipinski definition) is 2. The zero-order chi connectivity index (χ0) is 13.2. The van der Waals surface area contributed by atoms with Gasteiger partial charge in [-0.25, -0.2) is 4.98 Å². The highest BCUT2D eigenvalue weighted by Crippen LogP contribution is 2.05. The second-order valence-corrected chi connectivity index (χ2v) is 3.88. The van der Waals surface area contributed by atoms with E-state index in [4.69, 9.17) is 4.74 Å². The number of aliphatic imine (C=N–C) groups is 1. The van der Waals surface area contributed by atoms with E-state index in [1.807, 2.05) is 18.2 Å². The molecule has 0 aliphatic carbocycles. The van der Waals surface area contributed by atoms with Crippen LogP contribution < -0.4 is 15.4 Å². The number of unbranched alkanes of at least 4 members (excludes halogenated alkanes) is 1. The Balaban J connectivity index is 2.42. The van der Waals surface area contributed by atoms with E-state index < -0.39 is 0 Å². The van der Waals surface area contributed by atoms with Crippen molar-refractivity contribution in [2.45, 2.75) is 26.3 Å². The van der Waals surface area contributed by atoms with E-state index in [1.54, 1.807) is 14.2 Å². The smallest absolute Gasteiger partial charge is 0.213 e. The summed E-state index contributed by atoms with van der Waals surface area (Å²) in [5, 5.41) is 6.47. The SMILES string of the molecule is CCCCNC(=NC)NCc1cccc(OC)n1. The second kappa shape index (κ2) is 8.33. The number of pyridine rings is 1. The normalized spacial score (nSPS) is 11.2. The molecule has 18 heavy (non-hydrogen) atoms. The number of ether oxygens (including phenoxy) is 1. The molecule has 5 nitrogen and oxygen atoms in total. The first-order chi connectivity index (χ1) is 8.80. The maximum Gasteiger partial charge on any atom is 0.213 e. The fourth-order valence-corrected chi connectivity index (χ4v) is 1.45. The van der Waals surface area contributed by atoms with Gasteiger partial charge >= 0.3 is 0 Å². The molecule has 0 bridgehead atoms. The molecule has 0 amide bonds. The van der Waals surface area contributed by atoms with Crippen molar-refractivity contribution in [1.82, 2.24) is 15.6 Å². The van der Waals surface area contributed by atoms with Crippen LogP contribution in [0.2, 0.25) is 0 Å². The number of hydrogen-bond acceptors (Lipinski definition) is 3. The second-order valence-electron chi connectivity index (χ2n) is 3.88. The fourth-order valence-electron chi connectivity index (χ4n) is 1.45. The van der Waals surface area contributed by atoms with Crippen LogP contribution in [-0.4, -0.2) is 31.6 Å². The van der Waals surface area contributed by atoms with Gasteiger partial charge in [0.25, 0.3) is 0 Å². The lowest BCUT2D eigenvalue weighted by Gasteiger charge is -2.11. The third-order valence-corrected chi connectivity index (χ3v) is 2.47. The predicted molar refractivity (Wildman–Crippen MR) is 73.9 cm³/mol. The van der Waals surface area contributed by atoms with Crippen LogP contribution in [0.5, 0.6) is 5.88 Å². The molecule has 0 saturated carbocycles. The Morgan fingerprint density at radius 3 is 2.89 bits per heavy atom. The number of methoxy groups -OCH3 is 1. The molecule has 0 aromatic carbocycles. The minimum atomic E-state index is 0.628. The quantitative estimate of drug-likeness (QED) is 0.457. The molecular weight excluding hydrogens is 228 g/mol. The summed E-state index contributed by atoms with van der Waals surface area (Å²) in [5.41, 5.74) is 0.924. The molecule has 1 aromatic heterocycles. The Kier molecular flexibility index (Phi) is 6.61. The topological polar surface area (TPSA) is 58.5 Å². The zero-order valence-corrected chi connectivity index (χ0v) is 11.4. The average Bonchev–Trinajstić information content (AvgIpc) is 2.43. The van der Waals surface area contributed by atoms with Crippen molar-refractivity contribution < 1.29 is 4.74 Å². The summed E-state index contributed by atoms with van der Waals surface area (Å²) in [6, 6.07) is 5.71. The molecule has 1 aromatic rings. The Morgan fingerprint density at radius 2 is 2.22 bits per heavy atom. The van der Waals surface area contributed by atoms with Crippen LogP contribution in [0.4, 0.5) is 0 Å². The van der Waals surface area contributed by atoms with Crippen LogP contribution in [-0.2, 0) is 6.54 Å². The zero-order valence-electron chi connectivity index (χ0n) is 11.4. The van der Waals surface area contributed by atoms with Gasteiger partial charge < -0.3 is 15.4 Å². The van der Waals surface area contributed by atoms with E-state index in [-0.39, 0.29) is 0 Å². The van der Waals surface area contributed by atoms with Gasteiger partial charge in [0.2, 0.25) is 5.88 Å². The highest BCUT2D eigenvalue weighted by molar-refractivity contribution is 5.79. The predicted octanol–water partition coefficient (Wildman–Crippen LogP) is 1.56. The monoisotopic (exact) mass is 250 g/mol. The standard InChI is InChI=1S/C13H22N4O/c1-4-5-9-15-13(14-2)16-10-11-7-6-8-12(17-11)18-3/h6-8H,4-5,9-10H2,1-3H3,(H2,14,15,16). The van der Waals surface area contributed by atoms with Crippen molar-refractivity contribution in [1.29, 1.82) is 0 Å². The largest absolute Gasteiger partial charge is 0.481 e. The van der Waals surface area contributed by atoms with Crippen molar-refractivity contribution in [3.63, 3.8) is 0 Å². The fraction of sp³-hybridized carbons (Fsp3) is 0.538. The van der Waals surface area contributed by atoms with Gasteiger partial charge in [-0.3, -0.25) is 4.99 Å². The lowest BCUT2D eigenvalue weighted by molar-refractivity contribution is 0.396. The molecule has 2 N–H and O–H groups in total. The lowest BCUT2D eigenvalue weighted by atomic mass is 10.3. The Hall–Kier alpha value is -1.78. The molecule has 0 spiro atoms.